The van der Waals surface area contributed by atoms with Gasteiger partial charge in [0.25, 0.3) is 0 Å². The van der Waals surface area contributed by atoms with Gasteiger partial charge in [0.2, 0.25) is 0 Å². The van der Waals surface area contributed by atoms with Crippen LogP contribution in [0.1, 0.15) is 43.0 Å². The second kappa shape index (κ2) is 7.22. The maximum atomic E-state index is 12.3. The number of rotatable bonds is 5. The Morgan fingerprint density at radius 1 is 1.43 bits per heavy atom. The van der Waals surface area contributed by atoms with E-state index in [0.717, 1.165) is 12.8 Å². The van der Waals surface area contributed by atoms with Crippen molar-refractivity contribution in [1.82, 2.24) is 0 Å². The van der Waals surface area contributed by atoms with E-state index >= 15 is 0 Å². The van der Waals surface area contributed by atoms with Gasteiger partial charge in [-0.2, -0.15) is 0 Å². The van der Waals surface area contributed by atoms with Crippen molar-refractivity contribution in [1.29, 1.82) is 0 Å². The zero-order valence-electron chi connectivity index (χ0n) is 12.2. The molecule has 1 aliphatic rings. The summed E-state index contributed by atoms with van der Waals surface area (Å²) in [5.74, 6) is 0.00154. The molecule has 1 atom stereocenters. The minimum absolute atomic E-state index is 0.00154. The van der Waals surface area contributed by atoms with Crippen molar-refractivity contribution >= 4 is 17.6 Å². The number of fused-ring (bicyclic) bond motifs is 1. The minimum atomic E-state index is -0.443. The number of ether oxygens (including phenoxy) is 1. The van der Waals surface area contributed by atoms with Crippen molar-refractivity contribution < 1.29 is 19.4 Å². The van der Waals surface area contributed by atoms with Crippen LogP contribution in [-0.2, 0) is 4.74 Å². The predicted octanol–water partition coefficient (Wildman–Crippen LogP) is 2.77. The fourth-order valence-electron chi connectivity index (χ4n) is 2.53. The van der Waals surface area contributed by atoms with E-state index in [9.17, 15) is 14.7 Å². The number of aliphatic hydroxyl groups excluding tert-OH is 1. The maximum absolute atomic E-state index is 12.3. The van der Waals surface area contributed by atoms with Gasteiger partial charge >= 0.3 is 6.09 Å². The molecule has 0 aromatic heterocycles. The summed E-state index contributed by atoms with van der Waals surface area (Å²) in [6.45, 7) is 2.32. The second-order valence-electron chi connectivity index (χ2n) is 5.15. The molecule has 114 valence electrons. The summed E-state index contributed by atoms with van der Waals surface area (Å²) in [6.07, 6.45) is 1.90. The molecule has 5 nitrogen and oxygen atoms in total. The third-order valence-corrected chi connectivity index (χ3v) is 3.63. The zero-order chi connectivity index (χ0) is 15.2. The van der Waals surface area contributed by atoms with Crippen LogP contribution in [0.5, 0.6) is 0 Å². The molecule has 0 spiro atoms. The second-order valence-corrected chi connectivity index (χ2v) is 5.15. The molecule has 0 fully saturated rings. The minimum Gasteiger partial charge on any atom is -0.449 e. The lowest BCUT2D eigenvalue weighted by Crippen LogP contribution is -2.46. The van der Waals surface area contributed by atoms with Crippen molar-refractivity contribution in [3.8, 4) is 0 Å². The monoisotopic (exact) mass is 291 g/mol. The Morgan fingerprint density at radius 2 is 2.19 bits per heavy atom. The maximum Gasteiger partial charge on any atom is 0.414 e. The number of nitrogens with zero attached hydrogens (tertiary/aromatic N) is 1. The number of para-hydroxylation sites is 1. The Hall–Kier alpha value is -1.88. The van der Waals surface area contributed by atoms with E-state index in [0.29, 0.717) is 24.3 Å². The smallest absolute Gasteiger partial charge is 0.414 e. The zero-order valence-corrected chi connectivity index (χ0v) is 12.2. The van der Waals surface area contributed by atoms with E-state index in [4.69, 9.17) is 4.74 Å². The lowest BCUT2D eigenvalue weighted by Gasteiger charge is -2.35. The number of unbranched alkanes of at least 4 members (excludes halogenated alkanes) is 1. The molecule has 5 heteroatoms. The number of Topliss-reactive ketones (excluding diaryl/α,β-unsaturated/α-hetero) is 1. The van der Waals surface area contributed by atoms with E-state index in [2.05, 4.69) is 0 Å². The Kier molecular flexibility index (Phi) is 5.33. The van der Waals surface area contributed by atoms with Gasteiger partial charge in [0.15, 0.2) is 5.78 Å². The third-order valence-electron chi connectivity index (χ3n) is 3.63. The molecule has 0 saturated carbocycles. The largest absolute Gasteiger partial charge is 0.449 e. The van der Waals surface area contributed by atoms with Crippen LogP contribution in [0.25, 0.3) is 0 Å². The number of benzene rings is 1. The Labute approximate surface area is 124 Å². The molecule has 2 rings (SSSR count). The van der Waals surface area contributed by atoms with Crippen LogP contribution >= 0.6 is 0 Å². The Morgan fingerprint density at radius 3 is 2.90 bits per heavy atom. The van der Waals surface area contributed by atoms with E-state index in [1.165, 1.54) is 4.90 Å². The van der Waals surface area contributed by atoms with E-state index in [1.54, 1.807) is 24.3 Å². The molecule has 0 bridgehead atoms. The molecular weight excluding hydrogens is 270 g/mol. The SMILES string of the molecule is CCCCOC(=O)N1c2ccccc2C(=O)CC1CCO. The van der Waals surface area contributed by atoms with Gasteiger partial charge in [-0.25, -0.2) is 4.79 Å². The van der Waals surface area contributed by atoms with E-state index in [-0.39, 0.29) is 24.9 Å². The number of carbonyl (C=O) groups is 2. The molecule has 1 unspecified atom stereocenters. The van der Waals surface area contributed by atoms with Gasteiger partial charge in [-0.3, -0.25) is 9.69 Å². The van der Waals surface area contributed by atoms with Gasteiger partial charge in [-0.1, -0.05) is 25.5 Å². The molecule has 1 aromatic rings. The van der Waals surface area contributed by atoms with Gasteiger partial charge < -0.3 is 9.84 Å². The number of ketones is 1. The van der Waals surface area contributed by atoms with E-state index in [1.807, 2.05) is 6.92 Å². The summed E-state index contributed by atoms with van der Waals surface area (Å²) in [5.41, 5.74) is 1.12. The predicted molar refractivity (Wildman–Crippen MR) is 79.6 cm³/mol. The standard InChI is InChI=1S/C16H21NO4/c1-2-3-10-21-16(20)17-12(8-9-18)11-15(19)13-6-4-5-7-14(13)17/h4-7,12,18H,2-3,8-11H2,1H3. The van der Waals surface area contributed by atoms with Crippen molar-refractivity contribution in [2.24, 2.45) is 0 Å². The Bertz CT molecular complexity index is 515. The van der Waals surface area contributed by atoms with Crippen LogP contribution < -0.4 is 4.90 Å². The normalized spacial score (nSPS) is 17.5. The highest BCUT2D eigenvalue weighted by Gasteiger charge is 2.35. The van der Waals surface area contributed by atoms with Crippen molar-refractivity contribution in [2.75, 3.05) is 18.1 Å². The Balaban J connectivity index is 2.26. The van der Waals surface area contributed by atoms with Crippen LogP contribution in [0.3, 0.4) is 0 Å². The highest BCUT2D eigenvalue weighted by Crippen LogP contribution is 2.32. The quantitative estimate of drug-likeness (QED) is 0.847. The van der Waals surface area contributed by atoms with Crippen LogP contribution in [0.15, 0.2) is 24.3 Å². The van der Waals surface area contributed by atoms with Crippen LogP contribution in [0, 0.1) is 0 Å². The first kappa shape index (κ1) is 15.5. The van der Waals surface area contributed by atoms with Crippen LogP contribution in [0.4, 0.5) is 10.5 Å². The summed E-state index contributed by atoms with van der Waals surface area (Å²) in [5, 5.41) is 9.18. The summed E-state index contributed by atoms with van der Waals surface area (Å²) in [4.78, 5) is 26.0. The molecule has 1 aliphatic heterocycles. The van der Waals surface area contributed by atoms with Crippen LogP contribution in [0.2, 0.25) is 0 Å². The first-order valence-corrected chi connectivity index (χ1v) is 7.38. The fourth-order valence-corrected chi connectivity index (χ4v) is 2.53. The molecule has 1 amide bonds. The number of hydrogen-bond acceptors (Lipinski definition) is 4. The highest BCUT2D eigenvalue weighted by atomic mass is 16.6. The fraction of sp³-hybridized carbons (Fsp3) is 0.500. The molecule has 0 aliphatic carbocycles. The third kappa shape index (κ3) is 3.42. The van der Waals surface area contributed by atoms with Gasteiger partial charge in [-0.05, 0) is 25.0 Å². The molecular formula is C16H21NO4. The highest BCUT2D eigenvalue weighted by molar-refractivity contribution is 6.08. The lowest BCUT2D eigenvalue weighted by molar-refractivity contribution is 0.0956. The van der Waals surface area contributed by atoms with Crippen LogP contribution in [-0.4, -0.2) is 36.2 Å². The first-order valence-electron chi connectivity index (χ1n) is 7.38. The summed E-state index contributed by atoms with van der Waals surface area (Å²) >= 11 is 0. The van der Waals surface area contributed by atoms with Crippen molar-refractivity contribution in [3.05, 3.63) is 29.8 Å². The number of hydrogen-bond donors (Lipinski definition) is 1. The number of aliphatic hydroxyl groups is 1. The first-order chi connectivity index (χ1) is 10.2. The summed E-state index contributed by atoms with van der Waals surface area (Å²) < 4.78 is 5.28. The molecule has 1 N–H and O–H groups in total. The summed E-state index contributed by atoms with van der Waals surface area (Å²) in [6, 6.07) is 6.70. The molecule has 0 radical (unpaired) electrons. The summed E-state index contributed by atoms with van der Waals surface area (Å²) in [7, 11) is 0. The van der Waals surface area contributed by atoms with Gasteiger partial charge in [-0.15, -0.1) is 0 Å². The van der Waals surface area contributed by atoms with Crippen molar-refractivity contribution in [2.45, 2.75) is 38.6 Å². The number of anilines is 1. The molecule has 21 heavy (non-hydrogen) atoms. The average molecular weight is 291 g/mol. The van der Waals surface area contributed by atoms with Crippen molar-refractivity contribution in [3.63, 3.8) is 0 Å². The topological polar surface area (TPSA) is 66.8 Å². The van der Waals surface area contributed by atoms with Gasteiger partial charge in [0.1, 0.15) is 0 Å². The molecule has 1 heterocycles. The van der Waals surface area contributed by atoms with Gasteiger partial charge in [0, 0.05) is 24.6 Å². The molecule has 1 aromatic carbocycles. The van der Waals surface area contributed by atoms with E-state index < -0.39 is 6.09 Å². The lowest BCUT2D eigenvalue weighted by atomic mass is 9.93. The average Bonchev–Trinajstić information content (AvgIpc) is 2.48. The number of amides is 1. The number of carbonyl (C=O) groups excluding carboxylic acids is 2. The molecule has 0 saturated heterocycles. The van der Waals surface area contributed by atoms with Gasteiger partial charge in [0.05, 0.1) is 12.3 Å².